The first-order valence-corrected chi connectivity index (χ1v) is 9.82. The summed E-state index contributed by atoms with van der Waals surface area (Å²) in [6.07, 6.45) is 5.05. The van der Waals surface area contributed by atoms with Gasteiger partial charge >= 0.3 is 0 Å². The minimum absolute atomic E-state index is 0.350. The maximum atomic E-state index is 4.44. The van der Waals surface area contributed by atoms with Crippen LogP contribution in [-0.2, 0) is 6.42 Å². The Labute approximate surface area is 145 Å². The van der Waals surface area contributed by atoms with Gasteiger partial charge in [-0.25, -0.2) is 9.97 Å². The number of nitrogens with one attached hydrogen (secondary N) is 1. The van der Waals surface area contributed by atoms with Crippen LogP contribution in [0.5, 0.6) is 0 Å². The van der Waals surface area contributed by atoms with Crippen LogP contribution in [0.4, 0.5) is 5.82 Å². The number of rotatable bonds is 6. The molecule has 0 spiro atoms. The van der Waals surface area contributed by atoms with Gasteiger partial charge in [-0.15, -0.1) is 0 Å². The lowest BCUT2D eigenvalue weighted by Crippen LogP contribution is -2.46. The molecule has 1 saturated heterocycles. The molecule has 1 aromatic heterocycles. The number of thioether (sulfide) groups is 1. The lowest BCUT2D eigenvalue weighted by molar-refractivity contribution is 0.388. The lowest BCUT2D eigenvalue weighted by Gasteiger charge is -2.35. The normalized spacial score (nSPS) is 18.2. The van der Waals surface area contributed by atoms with Crippen LogP contribution in [0.2, 0.25) is 0 Å². The van der Waals surface area contributed by atoms with E-state index in [0.29, 0.717) is 16.8 Å². The molecule has 0 aliphatic carbocycles. The van der Waals surface area contributed by atoms with Crippen LogP contribution in [0, 0.1) is 0 Å². The molecule has 5 heteroatoms. The molecule has 2 rings (SSSR count). The van der Waals surface area contributed by atoms with Gasteiger partial charge in [-0.3, -0.25) is 0 Å². The third-order valence-corrected chi connectivity index (χ3v) is 5.71. The summed E-state index contributed by atoms with van der Waals surface area (Å²) < 4.78 is 0.350. The molecule has 0 amide bonds. The predicted octanol–water partition coefficient (Wildman–Crippen LogP) is 3.52. The Morgan fingerprint density at radius 2 is 2.00 bits per heavy atom. The zero-order chi connectivity index (χ0) is 16.9. The van der Waals surface area contributed by atoms with Gasteiger partial charge in [0.2, 0.25) is 0 Å². The van der Waals surface area contributed by atoms with Crippen LogP contribution in [0.1, 0.15) is 53.2 Å². The lowest BCUT2D eigenvalue weighted by atomic mass is 10.0. The van der Waals surface area contributed by atoms with Gasteiger partial charge in [-0.2, -0.15) is 11.8 Å². The van der Waals surface area contributed by atoms with Gasteiger partial charge in [0.15, 0.2) is 0 Å². The molecule has 130 valence electrons. The van der Waals surface area contributed by atoms with Crippen molar-refractivity contribution < 1.29 is 0 Å². The average Bonchev–Trinajstić information content (AvgIpc) is 2.53. The maximum Gasteiger partial charge on any atom is 0.132 e. The fraction of sp³-hybridized carbons (Fsp3) is 0.778. The Kier molecular flexibility index (Phi) is 6.72. The van der Waals surface area contributed by atoms with Crippen molar-refractivity contribution in [2.75, 3.05) is 23.7 Å². The van der Waals surface area contributed by atoms with E-state index in [1.165, 1.54) is 18.6 Å². The van der Waals surface area contributed by atoms with Crippen LogP contribution >= 0.6 is 11.8 Å². The van der Waals surface area contributed by atoms with Crippen LogP contribution in [-0.4, -0.2) is 45.6 Å². The summed E-state index contributed by atoms with van der Waals surface area (Å²) in [5.41, 5.74) is 1.13. The van der Waals surface area contributed by atoms with Gasteiger partial charge in [0.05, 0.1) is 0 Å². The highest BCUT2D eigenvalue weighted by Gasteiger charge is 2.22. The minimum atomic E-state index is 0.350. The number of hydrogen-bond acceptors (Lipinski definition) is 5. The Bertz CT molecular complexity index is 478. The Morgan fingerprint density at radius 1 is 1.30 bits per heavy atom. The second-order valence-electron chi connectivity index (χ2n) is 7.47. The third kappa shape index (κ3) is 6.30. The molecule has 1 aromatic rings. The predicted molar refractivity (Wildman–Crippen MR) is 101 cm³/mol. The van der Waals surface area contributed by atoms with Crippen molar-refractivity contribution in [1.82, 2.24) is 15.3 Å². The number of hydrogen-bond donors (Lipinski definition) is 1. The van der Waals surface area contributed by atoms with Crippen LogP contribution in [0.3, 0.4) is 0 Å². The fourth-order valence-corrected chi connectivity index (χ4v) is 3.70. The van der Waals surface area contributed by atoms with Crippen LogP contribution < -0.4 is 10.2 Å². The highest BCUT2D eigenvalue weighted by Crippen LogP contribution is 2.24. The van der Waals surface area contributed by atoms with Crippen LogP contribution in [0.15, 0.2) is 12.4 Å². The first kappa shape index (κ1) is 18.5. The van der Waals surface area contributed by atoms with Crippen molar-refractivity contribution >= 4 is 17.6 Å². The molecule has 1 aliphatic rings. The molecule has 23 heavy (non-hydrogen) atoms. The highest BCUT2D eigenvalue weighted by atomic mass is 32.2. The third-order valence-electron chi connectivity index (χ3n) is 4.18. The topological polar surface area (TPSA) is 41.0 Å². The number of aryl methyl sites for hydroxylation is 1. The van der Waals surface area contributed by atoms with E-state index in [1.54, 1.807) is 6.33 Å². The van der Waals surface area contributed by atoms with Crippen molar-refractivity contribution in [2.24, 2.45) is 0 Å². The Balaban J connectivity index is 1.77. The van der Waals surface area contributed by atoms with Gasteiger partial charge in [-0.1, -0.05) is 27.7 Å². The van der Waals surface area contributed by atoms with Crippen molar-refractivity contribution in [3.8, 4) is 0 Å². The van der Waals surface area contributed by atoms with E-state index >= 15 is 0 Å². The molecule has 0 saturated carbocycles. The van der Waals surface area contributed by atoms with Gasteiger partial charge in [0.25, 0.3) is 0 Å². The first-order valence-electron chi connectivity index (χ1n) is 8.83. The molecule has 1 fully saturated rings. The number of anilines is 1. The van der Waals surface area contributed by atoms with E-state index in [9.17, 15) is 0 Å². The summed E-state index contributed by atoms with van der Waals surface area (Å²) >= 11 is 2.04. The number of aromatic nitrogens is 2. The average molecular weight is 337 g/mol. The summed E-state index contributed by atoms with van der Waals surface area (Å²) in [4.78, 5) is 11.1. The van der Waals surface area contributed by atoms with Gasteiger partial charge in [-0.05, 0) is 26.2 Å². The smallest absolute Gasteiger partial charge is 0.132 e. The molecule has 0 aromatic carbocycles. The first-order chi connectivity index (χ1) is 10.9. The standard InChI is InChI=1S/C18H32N4S/c1-6-15-11-17(20-13-19-15)22-9-7-16(8-10-22)21-14(2)12-23-18(3,4)5/h11,13-14,16,21H,6-10,12H2,1-5H3/t14-/m0/s1. The molecule has 1 atom stereocenters. The quantitative estimate of drug-likeness (QED) is 0.861. The van der Waals surface area contributed by atoms with Crippen molar-refractivity contribution in [3.63, 3.8) is 0 Å². The molecule has 0 unspecified atom stereocenters. The number of piperidine rings is 1. The summed E-state index contributed by atoms with van der Waals surface area (Å²) in [6, 6.07) is 3.34. The molecule has 4 nitrogen and oxygen atoms in total. The second-order valence-corrected chi connectivity index (χ2v) is 9.32. The maximum absolute atomic E-state index is 4.44. The van der Waals surface area contributed by atoms with E-state index in [-0.39, 0.29) is 0 Å². The summed E-state index contributed by atoms with van der Waals surface area (Å²) in [7, 11) is 0. The highest BCUT2D eigenvalue weighted by molar-refractivity contribution is 8.00. The molecule has 2 heterocycles. The number of nitrogens with zero attached hydrogens (tertiary/aromatic N) is 3. The van der Waals surface area contributed by atoms with Crippen molar-refractivity contribution in [3.05, 3.63) is 18.1 Å². The molecular formula is C18H32N4S. The Hall–Kier alpha value is -0.810. The zero-order valence-electron chi connectivity index (χ0n) is 15.3. The molecule has 1 aliphatic heterocycles. The van der Waals surface area contributed by atoms with Gasteiger partial charge < -0.3 is 10.2 Å². The largest absolute Gasteiger partial charge is 0.356 e. The monoisotopic (exact) mass is 336 g/mol. The van der Waals surface area contributed by atoms with E-state index in [1.807, 2.05) is 11.8 Å². The van der Waals surface area contributed by atoms with E-state index in [4.69, 9.17) is 0 Å². The molecular weight excluding hydrogens is 304 g/mol. The van der Waals surface area contributed by atoms with E-state index in [0.717, 1.165) is 31.0 Å². The zero-order valence-corrected chi connectivity index (χ0v) is 16.1. The summed E-state index contributed by atoms with van der Waals surface area (Å²) in [5, 5.41) is 3.81. The van der Waals surface area contributed by atoms with Crippen molar-refractivity contribution in [2.45, 2.75) is 70.7 Å². The molecule has 1 N–H and O–H groups in total. The fourth-order valence-electron chi connectivity index (χ4n) is 2.85. The second kappa shape index (κ2) is 8.34. The van der Waals surface area contributed by atoms with Gasteiger partial charge in [0, 0.05) is 47.4 Å². The molecule has 0 bridgehead atoms. The van der Waals surface area contributed by atoms with E-state index < -0.39 is 0 Å². The van der Waals surface area contributed by atoms with Gasteiger partial charge in [0.1, 0.15) is 12.1 Å². The SMILES string of the molecule is CCc1cc(N2CCC(N[C@@H](C)CSC(C)(C)C)CC2)ncn1. The molecule has 0 radical (unpaired) electrons. The van der Waals surface area contributed by atoms with Crippen LogP contribution in [0.25, 0.3) is 0 Å². The summed E-state index contributed by atoms with van der Waals surface area (Å²) in [5.74, 6) is 2.27. The van der Waals surface area contributed by atoms with E-state index in [2.05, 4.69) is 60.9 Å². The Morgan fingerprint density at radius 3 is 2.61 bits per heavy atom. The van der Waals surface area contributed by atoms with Crippen molar-refractivity contribution in [1.29, 1.82) is 0 Å². The summed E-state index contributed by atoms with van der Waals surface area (Å²) in [6.45, 7) is 13.5. The minimum Gasteiger partial charge on any atom is -0.356 e.